The maximum absolute atomic E-state index is 13.0. The smallest absolute Gasteiger partial charge is 0.255 e. The number of fused-ring (bicyclic) bond motifs is 2. The highest BCUT2D eigenvalue weighted by atomic mass is 16.2. The summed E-state index contributed by atoms with van der Waals surface area (Å²) in [6.45, 7) is 2.59. The minimum atomic E-state index is -0.0699. The van der Waals surface area contributed by atoms with Crippen LogP contribution in [-0.2, 0) is 11.3 Å². The van der Waals surface area contributed by atoms with Gasteiger partial charge in [0.05, 0.1) is 24.4 Å². The van der Waals surface area contributed by atoms with Crippen molar-refractivity contribution in [3.05, 3.63) is 60.0 Å². The van der Waals surface area contributed by atoms with Crippen LogP contribution in [0.3, 0.4) is 0 Å². The first-order chi connectivity index (χ1) is 14.1. The standard InChI is InChI=1S/C22H23N5O2/c1-25-8-7-16-12-26(13-18(16)22(25)29)21(28)17-9-19-20(23-10-17)27(14-24-19)11-15-5-3-2-4-6-15/h2-6,9-10,14,16,18H,7-8,11-13H2,1H3/t16-,18+/m1/s1. The minimum Gasteiger partial charge on any atom is -0.345 e. The first kappa shape index (κ1) is 17.8. The number of hydrogen-bond donors (Lipinski definition) is 0. The maximum atomic E-state index is 13.0. The number of benzene rings is 1. The zero-order valence-electron chi connectivity index (χ0n) is 16.4. The van der Waals surface area contributed by atoms with Crippen molar-refractivity contribution in [1.29, 1.82) is 0 Å². The van der Waals surface area contributed by atoms with Crippen LogP contribution in [-0.4, -0.2) is 62.8 Å². The summed E-state index contributed by atoms with van der Waals surface area (Å²) in [5.74, 6) is 0.288. The van der Waals surface area contributed by atoms with E-state index < -0.39 is 0 Å². The fourth-order valence-corrected chi connectivity index (χ4v) is 4.51. The molecular formula is C22H23N5O2. The van der Waals surface area contributed by atoms with E-state index in [4.69, 9.17) is 0 Å². The van der Waals surface area contributed by atoms with Crippen molar-refractivity contribution < 1.29 is 9.59 Å². The molecule has 4 heterocycles. The Morgan fingerprint density at radius 3 is 2.83 bits per heavy atom. The van der Waals surface area contributed by atoms with Crippen molar-refractivity contribution in [2.75, 3.05) is 26.7 Å². The summed E-state index contributed by atoms with van der Waals surface area (Å²) in [5.41, 5.74) is 3.17. The molecule has 2 aromatic heterocycles. The molecule has 2 atom stereocenters. The number of nitrogens with zero attached hydrogens (tertiary/aromatic N) is 5. The van der Waals surface area contributed by atoms with Crippen LogP contribution in [0.15, 0.2) is 48.9 Å². The molecule has 0 unspecified atom stereocenters. The lowest BCUT2D eigenvalue weighted by molar-refractivity contribution is -0.137. The molecule has 0 aliphatic carbocycles. The zero-order valence-corrected chi connectivity index (χ0v) is 16.4. The van der Waals surface area contributed by atoms with Crippen molar-refractivity contribution in [2.45, 2.75) is 13.0 Å². The monoisotopic (exact) mass is 389 g/mol. The molecule has 29 heavy (non-hydrogen) atoms. The number of aromatic nitrogens is 3. The zero-order chi connectivity index (χ0) is 20.0. The summed E-state index contributed by atoms with van der Waals surface area (Å²) in [4.78, 5) is 38.0. The Hall–Kier alpha value is -3.22. The molecule has 3 aromatic rings. The Labute approximate surface area is 169 Å². The van der Waals surface area contributed by atoms with Gasteiger partial charge in [0, 0.05) is 32.9 Å². The Kier molecular flexibility index (Phi) is 4.30. The number of hydrogen-bond acceptors (Lipinski definition) is 4. The fraction of sp³-hybridized carbons (Fsp3) is 0.364. The number of piperidine rings is 1. The van der Waals surface area contributed by atoms with Crippen molar-refractivity contribution in [1.82, 2.24) is 24.3 Å². The molecule has 0 spiro atoms. The van der Waals surface area contributed by atoms with E-state index in [0.717, 1.165) is 18.6 Å². The van der Waals surface area contributed by atoms with Gasteiger partial charge in [-0.3, -0.25) is 9.59 Å². The van der Waals surface area contributed by atoms with Crippen LogP contribution in [0.2, 0.25) is 0 Å². The normalized spacial score (nSPS) is 21.6. The number of carbonyl (C=O) groups is 2. The second kappa shape index (κ2) is 6.99. The molecule has 2 amide bonds. The van der Waals surface area contributed by atoms with Gasteiger partial charge in [-0.1, -0.05) is 30.3 Å². The van der Waals surface area contributed by atoms with Crippen LogP contribution < -0.4 is 0 Å². The summed E-state index contributed by atoms with van der Waals surface area (Å²) in [6.07, 6.45) is 4.35. The van der Waals surface area contributed by atoms with Gasteiger partial charge in [-0.15, -0.1) is 0 Å². The molecule has 5 rings (SSSR count). The summed E-state index contributed by atoms with van der Waals surface area (Å²) >= 11 is 0. The van der Waals surface area contributed by atoms with Gasteiger partial charge in [-0.05, 0) is 24.0 Å². The van der Waals surface area contributed by atoms with E-state index in [-0.39, 0.29) is 23.7 Å². The van der Waals surface area contributed by atoms with Gasteiger partial charge >= 0.3 is 0 Å². The van der Waals surface area contributed by atoms with Gasteiger partial charge < -0.3 is 14.4 Å². The van der Waals surface area contributed by atoms with Gasteiger partial charge in [0.25, 0.3) is 5.91 Å². The van der Waals surface area contributed by atoms with E-state index in [9.17, 15) is 9.59 Å². The van der Waals surface area contributed by atoms with Crippen LogP contribution in [0.25, 0.3) is 11.2 Å². The average Bonchev–Trinajstić information content (AvgIpc) is 3.35. The summed E-state index contributed by atoms with van der Waals surface area (Å²) in [5, 5.41) is 0. The van der Waals surface area contributed by atoms with E-state index in [1.165, 1.54) is 5.56 Å². The number of rotatable bonds is 3. The molecule has 0 saturated carbocycles. The van der Waals surface area contributed by atoms with Gasteiger partial charge in [0.15, 0.2) is 5.65 Å². The molecule has 148 valence electrons. The number of carbonyl (C=O) groups excluding carboxylic acids is 2. The third-order valence-electron chi connectivity index (χ3n) is 6.16. The Bertz CT molecular complexity index is 1080. The second-order valence-corrected chi connectivity index (χ2v) is 8.05. The Morgan fingerprint density at radius 1 is 1.17 bits per heavy atom. The fourth-order valence-electron chi connectivity index (χ4n) is 4.51. The van der Waals surface area contributed by atoms with Crippen LogP contribution in [0.1, 0.15) is 22.3 Å². The van der Waals surface area contributed by atoms with Crippen LogP contribution >= 0.6 is 0 Å². The summed E-state index contributed by atoms with van der Waals surface area (Å²) in [7, 11) is 1.84. The molecule has 2 aliphatic rings. The molecule has 2 saturated heterocycles. The van der Waals surface area contributed by atoms with E-state index in [2.05, 4.69) is 22.1 Å². The summed E-state index contributed by atoms with van der Waals surface area (Å²) in [6, 6.07) is 11.9. The highest BCUT2D eigenvalue weighted by Crippen LogP contribution is 2.32. The highest BCUT2D eigenvalue weighted by molar-refractivity contribution is 5.97. The first-order valence-corrected chi connectivity index (χ1v) is 9.99. The van der Waals surface area contributed by atoms with E-state index in [1.54, 1.807) is 22.3 Å². The van der Waals surface area contributed by atoms with Gasteiger partial charge in [-0.25, -0.2) is 9.97 Å². The third-order valence-corrected chi connectivity index (χ3v) is 6.16. The molecule has 1 aromatic carbocycles. The van der Waals surface area contributed by atoms with Crippen molar-refractivity contribution in [2.24, 2.45) is 11.8 Å². The Morgan fingerprint density at radius 2 is 2.00 bits per heavy atom. The van der Waals surface area contributed by atoms with Gasteiger partial charge in [-0.2, -0.15) is 0 Å². The lowest BCUT2D eigenvalue weighted by Gasteiger charge is -2.30. The van der Waals surface area contributed by atoms with E-state index in [1.807, 2.05) is 35.9 Å². The predicted octanol–water partition coefficient (Wildman–Crippen LogP) is 2.03. The number of pyridine rings is 1. The first-order valence-electron chi connectivity index (χ1n) is 9.99. The van der Waals surface area contributed by atoms with Gasteiger partial charge in [0.2, 0.25) is 5.91 Å². The number of amides is 2. The third kappa shape index (κ3) is 3.16. The molecule has 2 aliphatic heterocycles. The highest BCUT2D eigenvalue weighted by Gasteiger charge is 2.43. The van der Waals surface area contributed by atoms with E-state index in [0.29, 0.717) is 30.7 Å². The summed E-state index contributed by atoms with van der Waals surface area (Å²) < 4.78 is 1.98. The van der Waals surface area contributed by atoms with Gasteiger partial charge in [0.1, 0.15) is 5.52 Å². The van der Waals surface area contributed by atoms with Crippen LogP contribution in [0.5, 0.6) is 0 Å². The molecule has 7 nitrogen and oxygen atoms in total. The topological polar surface area (TPSA) is 71.3 Å². The molecule has 0 radical (unpaired) electrons. The Balaban J connectivity index is 1.36. The lowest BCUT2D eigenvalue weighted by Crippen LogP contribution is -2.42. The van der Waals surface area contributed by atoms with Crippen molar-refractivity contribution in [3.8, 4) is 0 Å². The van der Waals surface area contributed by atoms with Crippen molar-refractivity contribution >= 4 is 23.0 Å². The number of imidazole rings is 1. The number of likely N-dealkylation sites (tertiary alicyclic amines) is 2. The molecule has 7 heteroatoms. The minimum absolute atomic E-state index is 0.0677. The maximum Gasteiger partial charge on any atom is 0.255 e. The van der Waals surface area contributed by atoms with Crippen molar-refractivity contribution in [3.63, 3.8) is 0 Å². The molecule has 0 N–H and O–H groups in total. The second-order valence-electron chi connectivity index (χ2n) is 8.05. The largest absolute Gasteiger partial charge is 0.345 e. The van der Waals surface area contributed by atoms with Crippen LogP contribution in [0, 0.1) is 11.8 Å². The predicted molar refractivity (Wildman–Crippen MR) is 108 cm³/mol. The quantitative estimate of drug-likeness (QED) is 0.687. The SMILES string of the molecule is CN1CC[C@@H]2CN(C(=O)c3cnc4c(c3)ncn4Cc3ccccc3)C[C@@H]2C1=O. The average molecular weight is 389 g/mol. The molecule has 0 bridgehead atoms. The lowest BCUT2D eigenvalue weighted by atomic mass is 9.88. The van der Waals surface area contributed by atoms with Crippen LogP contribution in [0.4, 0.5) is 0 Å². The molecule has 2 fully saturated rings. The van der Waals surface area contributed by atoms with E-state index >= 15 is 0 Å². The molecular weight excluding hydrogens is 366 g/mol.